The Hall–Kier alpha value is -3.53. The number of phenols is 1. The molecule has 3 aromatic rings. The van der Waals surface area contributed by atoms with Crippen molar-refractivity contribution in [2.45, 2.75) is 90.9 Å². The number of aromatic hydroxyl groups is 1. The normalized spacial score (nSPS) is 12.7. The van der Waals surface area contributed by atoms with Crippen LogP contribution in [0.3, 0.4) is 0 Å². The van der Waals surface area contributed by atoms with Crippen LogP contribution in [0.4, 0.5) is 11.4 Å². The number of benzene rings is 3. The zero-order valence-electron chi connectivity index (χ0n) is 28.0. The molecule has 1 aliphatic carbocycles. The van der Waals surface area contributed by atoms with E-state index in [2.05, 4.69) is 33.0 Å². The molecule has 0 saturated carbocycles. The Bertz CT molecular complexity index is 1580. The van der Waals surface area contributed by atoms with Gasteiger partial charge in [-0.25, -0.2) is 8.42 Å². The number of hydrogen-bond donors (Lipinski definition) is 2. The fraction of sp³-hybridized carbons (Fsp3) is 0.459. The van der Waals surface area contributed by atoms with Crippen molar-refractivity contribution in [3.05, 3.63) is 82.4 Å². The lowest BCUT2D eigenvalue weighted by Gasteiger charge is -2.39. The number of anilines is 2. The maximum absolute atomic E-state index is 13.1. The van der Waals surface area contributed by atoms with Crippen LogP contribution in [-0.4, -0.2) is 60.3 Å². The average Bonchev–Trinajstić information content (AvgIpc) is 3.04. The Kier molecular flexibility index (Phi) is 13.5. The number of ketones is 2. The lowest BCUT2D eigenvalue weighted by molar-refractivity contribution is -0.929. The van der Waals surface area contributed by atoms with Gasteiger partial charge in [0.2, 0.25) is 0 Å². The molecular weight excluding hydrogens is 600 g/mol. The molecule has 2 N–H and O–H groups in total. The van der Waals surface area contributed by atoms with Crippen molar-refractivity contribution >= 4 is 33.1 Å². The monoisotopic (exact) mass is 650 g/mol. The van der Waals surface area contributed by atoms with Crippen LogP contribution < -0.4 is 5.32 Å². The Morgan fingerprint density at radius 1 is 0.696 bits per heavy atom. The summed E-state index contributed by atoms with van der Waals surface area (Å²) in [5.74, 6) is -1.37. The van der Waals surface area contributed by atoms with E-state index in [1.54, 1.807) is 25.1 Å². The number of carbonyl (C=O) groups is 2. The minimum absolute atomic E-state index is 0.0300. The summed E-state index contributed by atoms with van der Waals surface area (Å²) in [7, 11) is -4.79. The summed E-state index contributed by atoms with van der Waals surface area (Å²) in [5, 5.41) is 13.0. The molecule has 0 fully saturated rings. The Balaban J connectivity index is 0.000000292. The van der Waals surface area contributed by atoms with Gasteiger partial charge in [0, 0.05) is 11.1 Å². The highest BCUT2D eigenvalue weighted by Gasteiger charge is 2.34. The zero-order valence-corrected chi connectivity index (χ0v) is 28.8. The number of aryl methyl sites for hydroxylation is 1. The van der Waals surface area contributed by atoms with Gasteiger partial charge < -0.3 is 19.5 Å². The van der Waals surface area contributed by atoms with E-state index in [1.807, 2.05) is 0 Å². The first-order valence-electron chi connectivity index (χ1n) is 16.7. The van der Waals surface area contributed by atoms with Crippen LogP contribution in [0.5, 0.6) is 5.75 Å². The predicted molar refractivity (Wildman–Crippen MR) is 183 cm³/mol. The lowest BCUT2D eigenvalue weighted by Crippen LogP contribution is -2.50. The van der Waals surface area contributed by atoms with Crippen LogP contribution in [0, 0.1) is 6.92 Å². The van der Waals surface area contributed by atoms with Gasteiger partial charge in [0.15, 0.2) is 11.6 Å². The fourth-order valence-electron chi connectivity index (χ4n) is 6.04. The predicted octanol–water partition coefficient (Wildman–Crippen LogP) is 8.13. The van der Waals surface area contributed by atoms with Crippen LogP contribution in [0.25, 0.3) is 0 Å². The third-order valence-corrected chi connectivity index (χ3v) is 9.55. The van der Waals surface area contributed by atoms with Crippen LogP contribution in [0.2, 0.25) is 0 Å². The summed E-state index contributed by atoms with van der Waals surface area (Å²) < 4.78 is 36.4. The second-order valence-corrected chi connectivity index (χ2v) is 13.7. The molecule has 8 nitrogen and oxygen atoms in total. The molecule has 1 aliphatic rings. The first kappa shape index (κ1) is 36.9. The Morgan fingerprint density at radius 2 is 1.15 bits per heavy atom. The molecule has 0 aromatic heterocycles. The molecule has 0 unspecified atom stereocenters. The van der Waals surface area contributed by atoms with Gasteiger partial charge in [0.05, 0.1) is 53.6 Å². The molecule has 0 bridgehead atoms. The van der Waals surface area contributed by atoms with Gasteiger partial charge in [0.25, 0.3) is 0 Å². The van der Waals surface area contributed by atoms with Gasteiger partial charge in [-0.15, -0.1) is 0 Å². The highest BCUT2D eigenvalue weighted by molar-refractivity contribution is 7.86. The van der Waals surface area contributed by atoms with Crippen molar-refractivity contribution in [3.63, 3.8) is 0 Å². The maximum atomic E-state index is 13.1. The number of unbranched alkanes of at least 4 members (excludes halogenated alkanes) is 4. The highest BCUT2D eigenvalue weighted by Crippen LogP contribution is 2.38. The molecule has 9 heteroatoms. The first-order valence-corrected chi connectivity index (χ1v) is 18.1. The molecule has 0 aliphatic heterocycles. The van der Waals surface area contributed by atoms with Crippen molar-refractivity contribution in [2.24, 2.45) is 0 Å². The SMILES string of the molecule is CCCC[N+](CCCC)(CCCC)CCCC.Cc1ccc(Nc2ccc(O)c3c2C(=O)c2ccccc2C3=O)c(S(=O)(=O)[O-])c1. The van der Waals surface area contributed by atoms with Gasteiger partial charge in [-0.3, -0.25) is 9.59 Å². The quantitative estimate of drug-likeness (QED) is 0.0756. The molecule has 0 amide bonds. The number of carbonyl (C=O) groups excluding carboxylic acids is 2. The number of phenolic OH excluding ortho intramolecular Hbond substituents is 1. The number of hydrogen-bond acceptors (Lipinski definition) is 7. The zero-order chi connectivity index (χ0) is 33.9. The van der Waals surface area contributed by atoms with E-state index in [-0.39, 0.29) is 39.4 Å². The van der Waals surface area contributed by atoms with Crippen molar-refractivity contribution in [2.75, 3.05) is 31.5 Å². The molecule has 3 aromatic carbocycles. The number of quaternary nitrogens is 1. The van der Waals surface area contributed by atoms with E-state index in [1.165, 1.54) is 118 Å². The second kappa shape index (κ2) is 16.9. The van der Waals surface area contributed by atoms with E-state index in [0.29, 0.717) is 5.56 Å². The lowest BCUT2D eigenvalue weighted by atomic mass is 9.82. The molecule has 46 heavy (non-hydrogen) atoms. The van der Waals surface area contributed by atoms with Crippen molar-refractivity contribution in [1.29, 1.82) is 0 Å². The fourth-order valence-corrected chi connectivity index (χ4v) is 6.76. The molecule has 0 spiro atoms. The summed E-state index contributed by atoms with van der Waals surface area (Å²) in [6, 6.07) is 13.1. The number of nitrogens with one attached hydrogen (secondary N) is 1. The topological polar surface area (TPSA) is 124 Å². The molecule has 0 saturated heterocycles. The van der Waals surface area contributed by atoms with Crippen LogP contribution in [-0.2, 0) is 10.1 Å². The molecule has 250 valence electrons. The van der Waals surface area contributed by atoms with Gasteiger partial charge in [-0.05, 0) is 62.4 Å². The number of nitrogens with zero attached hydrogens (tertiary/aromatic N) is 1. The van der Waals surface area contributed by atoms with Crippen LogP contribution in [0.15, 0.2) is 59.5 Å². The Labute approximate surface area is 275 Å². The molecular formula is C37H50N2O6S. The largest absolute Gasteiger partial charge is 0.744 e. The maximum Gasteiger partial charge on any atom is 0.198 e. The van der Waals surface area contributed by atoms with Crippen LogP contribution >= 0.6 is 0 Å². The van der Waals surface area contributed by atoms with E-state index in [0.717, 1.165) is 0 Å². The summed E-state index contributed by atoms with van der Waals surface area (Å²) in [4.78, 5) is 25.5. The van der Waals surface area contributed by atoms with Crippen molar-refractivity contribution in [3.8, 4) is 5.75 Å². The van der Waals surface area contributed by atoms with Gasteiger partial charge in [0.1, 0.15) is 15.9 Å². The molecule has 0 heterocycles. The van der Waals surface area contributed by atoms with E-state index < -0.39 is 26.6 Å². The van der Waals surface area contributed by atoms with Gasteiger partial charge in [-0.1, -0.05) is 83.7 Å². The standard InChI is InChI=1S/C21H15NO6S.C16H36N/c1-11-6-7-14(17(10-11)29(26,27)28)22-15-8-9-16(23)19-18(15)20(24)12-4-2-3-5-13(12)21(19)25;1-5-9-13-17(14-10-6-2,15-11-7-3)16-12-8-4/h2-10,22-23H,1H3,(H,26,27,28);5-16H2,1-4H3/q;+1/p-1. The average molecular weight is 651 g/mol. The van der Waals surface area contributed by atoms with Crippen LogP contribution in [0.1, 0.15) is 116 Å². The third-order valence-electron chi connectivity index (χ3n) is 8.67. The summed E-state index contributed by atoms with van der Waals surface area (Å²) in [6.45, 7) is 16.7. The van der Waals surface area contributed by atoms with E-state index >= 15 is 0 Å². The molecule has 0 radical (unpaired) electrons. The minimum atomic E-state index is -4.79. The third kappa shape index (κ3) is 9.05. The van der Waals surface area contributed by atoms with Crippen molar-refractivity contribution < 1.29 is 32.1 Å². The molecule has 0 atom stereocenters. The van der Waals surface area contributed by atoms with E-state index in [9.17, 15) is 27.7 Å². The van der Waals surface area contributed by atoms with Gasteiger partial charge in [-0.2, -0.15) is 0 Å². The second-order valence-electron chi connectivity index (χ2n) is 12.3. The van der Waals surface area contributed by atoms with E-state index in [4.69, 9.17) is 0 Å². The van der Waals surface area contributed by atoms with Crippen molar-refractivity contribution in [1.82, 2.24) is 0 Å². The number of rotatable bonds is 15. The highest BCUT2D eigenvalue weighted by atomic mass is 32.2. The summed E-state index contributed by atoms with van der Waals surface area (Å²) in [6.07, 6.45) is 11.1. The molecule has 4 rings (SSSR count). The van der Waals surface area contributed by atoms with Gasteiger partial charge >= 0.3 is 0 Å². The minimum Gasteiger partial charge on any atom is -0.744 e. The summed E-state index contributed by atoms with van der Waals surface area (Å²) in [5.41, 5.74) is 0.755. The first-order chi connectivity index (χ1) is 21.9. The smallest absolute Gasteiger partial charge is 0.198 e. The number of fused-ring (bicyclic) bond motifs is 2. The Morgan fingerprint density at radius 3 is 1.61 bits per heavy atom. The summed E-state index contributed by atoms with van der Waals surface area (Å²) >= 11 is 0.